The molecule has 1 heterocycles. The highest BCUT2D eigenvalue weighted by molar-refractivity contribution is 6.20. The highest BCUT2D eigenvalue weighted by Gasteiger charge is 2.22. The summed E-state index contributed by atoms with van der Waals surface area (Å²) >= 11 is 0. The molecule has 0 fully saturated rings. The lowest BCUT2D eigenvalue weighted by Gasteiger charge is -2.28. The van der Waals surface area contributed by atoms with E-state index in [1.54, 1.807) is 0 Å². The van der Waals surface area contributed by atoms with Gasteiger partial charge in [-0.15, -0.1) is 0 Å². The minimum atomic E-state index is 0.853. The van der Waals surface area contributed by atoms with Crippen molar-refractivity contribution in [3.63, 3.8) is 0 Å². The molecule has 0 saturated heterocycles. The lowest BCUT2D eigenvalue weighted by Crippen LogP contribution is -2.11. The van der Waals surface area contributed by atoms with Crippen molar-refractivity contribution in [2.75, 3.05) is 4.90 Å². The summed E-state index contributed by atoms with van der Waals surface area (Å²) in [7, 11) is 0. The Morgan fingerprint density at radius 1 is 0.327 bits per heavy atom. The second-order valence-corrected chi connectivity index (χ2v) is 13.3. The van der Waals surface area contributed by atoms with Crippen LogP contribution in [-0.2, 0) is 0 Å². The molecule has 0 unspecified atom stereocenters. The molecule has 244 valence electrons. The lowest BCUT2D eigenvalue weighted by molar-refractivity contribution is 0.673. The van der Waals surface area contributed by atoms with Crippen LogP contribution in [-0.4, -0.2) is 0 Å². The topological polar surface area (TPSA) is 16.4 Å². The third-order valence-electron chi connectivity index (χ3n) is 10.2. The summed E-state index contributed by atoms with van der Waals surface area (Å²) in [6.07, 6.45) is 0. The predicted octanol–water partition coefficient (Wildman–Crippen LogP) is 14.4. The van der Waals surface area contributed by atoms with Gasteiger partial charge in [-0.25, -0.2) is 0 Å². The molecule has 0 bridgehead atoms. The van der Waals surface area contributed by atoms with Gasteiger partial charge in [0.25, 0.3) is 0 Å². The van der Waals surface area contributed by atoms with E-state index in [0.717, 1.165) is 55.5 Å². The van der Waals surface area contributed by atoms with Crippen molar-refractivity contribution in [1.82, 2.24) is 0 Å². The summed E-state index contributed by atoms with van der Waals surface area (Å²) in [5.41, 5.74) is 12.0. The summed E-state index contributed by atoms with van der Waals surface area (Å²) in [6, 6.07) is 71.6. The molecule has 10 rings (SSSR count). The van der Waals surface area contributed by atoms with Crippen LogP contribution >= 0.6 is 0 Å². The smallest absolute Gasteiger partial charge is 0.143 e. The zero-order chi connectivity index (χ0) is 34.4. The summed E-state index contributed by atoms with van der Waals surface area (Å²) < 4.78 is 6.93. The minimum absolute atomic E-state index is 0.853. The van der Waals surface area contributed by atoms with Gasteiger partial charge in [-0.05, 0) is 80.4 Å². The first-order valence-corrected chi connectivity index (χ1v) is 17.8. The Hall–Kier alpha value is -6.90. The Kier molecular flexibility index (Phi) is 7.18. The molecule has 0 saturated carbocycles. The first-order valence-electron chi connectivity index (χ1n) is 17.8. The van der Waals surface area contributed by atoms with Crippen molar-refractivity contribution >= 4 is 60.5 Å². The number of furan rings is 1. The third kappa shape index (κ3) is 5.12. The van der Waals surface area contributed by atoms with Gasteiger partial charge >= 0.3 is 0 Å². The van der Waals surface area contributed by atoms with Gasteiger partial charge in [-0.1, -0.05) is 158 Å². The normalized spacial score (nSPS) is 11.5. The molecule has 0 aliphatic carbocycles. The summed E-state index contributed by atoms with van der Waals surface area (Å²) in [5, 5.41) is 6.90. The van der Waals surface area contributed by atoms with Crippen LogP contribution in [0.2, 0.25) is 0 Å². The molecular weight excluding hydrogens is 631 g/mol. The van der Waals surface area contributed by atoms with Gasteiger partial charge < -0.3 is 9.32 Å². The zero-order valence-corrected chi connectivity index (χ0v) is 28.4. The first-order chi connectivity index (χ1) is 25.8. The van der Waals surface area contributed by atoms with E-state index in [0.29, 0.717) is 0 Å². The Morgan fingerprint density at radius 2 is 0.865 bits per heavy atom. The first kappa shape index (κ1) is 30.0. The Labute approximate surface area is 302 Å². The largest absolute Gasteiger partial charge is 0.455 e. The molecule has 10 aromatic rings. The van der Waals surface area contributed by atoms with Crippen LogP contribution in [0.15, 0.2) is 205 Å². The van der Waals surface area contributed by atoms with E-state index in [9.17, 15) is 0 Å². The number of fused-ring (bicyclic) bond motifs is 6. The molecule has 1 aromatic heterocycles. The fourth-order valence-corrected chi connectivity index (χ4v) is 7.70. The van der Waals surface area contributed by atoms with Gasteiger partial charge in [0.05, 0.1) is 5.69 Å². The van der Waals surface area contributed by atoms with E-state index in [1.807, 2.05) is 0 Å². The highest BCUT2D eigenvalue weighted by Crippen LogP contribution is 2.47. The molecule has 52 heavy (non-hydrogen) atoms. The number of hydrogen-bond donors (Lipinski definition) is 0. The van der Waals surface area contributed by atoms with Crippen molar-refractivity contribution in [3.05, 3.63) is 200 Å². The van der Waals surface area contributed by atoms with E-state index < -0.39 is 0 Å². The van der Waals surface area contributed by atoms with Gasteiger partial charge in [0.15, 0.2) is 0 Å². The van der Waals surface area contributed by atoms with Gasteiger partial charge in [0, 0.05) is 39.2 Å². The maximum atomic E-state index is 6.93. The molecule has 0 radical (unpaired) electrons. The summed E-state index contributed by atoms with van der Waals surface area (Å²) in [6.45, 7) is 0. The van der Waals surface area contributed by atoms with E-state index in [-0.39, 0.29) is 0 Å². The van der Waals surface area contributed by atoms with Crippen molar-refractivity contribution in [2.24, 2.45) is 0 Å². The monoisotopic (exact) mass is 663 g/mol. The number of nitrogens with zero attached hydrogens (tertiary/aromatic N) is 1. The van der Waals surface area contributed by atoms with Crippen LogP contribution in [0.3, 0.4) is 0 Å². The molecule has 2 nitrogen and oxygen atoms in total. The third-order valence-corrected chi connectivity index (χ3v) is 10.2. The molecule has 0 N–H and O–H groups in total. The minimum Gasteiger partial charge on any atom is -0.455 e. The van der Waals surface area contributed by atoms with E-state index in [4.69, 9.17) is 4.42 Å². The van der Waals surface area contributed by atoms with Gasteiger partial charge in [0.2, 0.25) is 0 Å². The van der Waals surface area contributed by atoms with Crippen LogP contribution < -0.4 is 4.90 Å². The number of rotatable bonds is 6. The molecule has 0 aliphatic rings. The van der Waals surface area contributed by atoms with Crippen LogP contribution in [0.5, 0.6) is 0 Å². The SMILES string of the molecule is c1ccc(-c2ccc(N(c3ccc4ccccc4c3)c3cc4oc5c6ccccc6c(-c6ccccc6)cc5c4cc3-c3ccccc3)cc2)cc1. The van der Waals surface area contributed by atoms with Gasteiger partial charge in [-0.2, -0.15) is 0 Å². The fraction of sp³-hybridized carbons (Fsp3) is 0. The summed E-state index contributed by atoms with van der Waals surface area (Å²) in [5.74, 6) is 0. The molecule has 2 heteroatoms. The second kappa shape index (κ2) is 12.5. The Morgan fingerprint density at radius 3 is 1.58 bits per heavy atom. The van der Waals surface area contributed by atoms with Crippen molar-refractivity contribution in [3.8, 4) is 33.4 Å². The average molecular weight is 664 g/mol. The molecule has 0 atom stereocenters. The van der Waals surface area contributed by atoms with E-state index >= 15 is 0 Å². The quantitative estimate of drug-likeness (QED) is 0.176. The second-order valence-electron chi connectivity index (χ2n) is 13.3. The molecular formula is C50H33NO. The van der Waals surface area contributed by atoms with Crippen molar-refractivity contribution in [2.45, 2.75) is 0 Å². The fourth-order valence-electron chi connectivity index (χ4n) is 7.70. The Bertz CT molecular complexity index is 2870. The number of benzene rings is 9. The molecule has 0 spiro atoms. The summed E-state index contributed by atoms with van der Waals surface area (Å²) in [4.78, 5) is 2.38. The zero-order valence-electron chi connectivity index (χ0n) is 28.4. The number of hydrogen-bond acceptors (Lipinski definition) is 2. The standard InChI is InChI=1S/C50H33NO/c1-4-14-34(15-5-1)36-24-27-40(28-25-36)51(41-29-26-35-16-10-11-21-39(35)30-41)48-33-49-46(32-45(48)38-19-8-3-9-20-38)47-31-44(37-17-6-2-7-18-37)42-22-12-13-23-43(42)50(47)52-49/h1-33H. The predicted molar refractivity (Wildman–Crippen MR) is 220 cm³/mol. The lowest BCUT2D eigenvalue weighted by atomic mass is 9.94. The van der Waals surface area contributed by atoms with E-state index in [2.05, 4.69) is 205 Å². The van der Waals surface area contributed by atoms with Crippen LogP contribution in [0.1, 0.15) is 0 Å². The van der Waals surface area contributed by atoms with Crippen LogP contribution in [0.25, 0.3) is 76.9 Å². The molecule has 9 aromatic carbocycles. The van der Waals surface area contributed by atoms with Crippen molar-refractivity contribution in [1.29, 1.82) is 0 Å². The maximum Gasteiger partial charge on any atom is 0.143 e. The van der Waals surface area contributed by atoms with Crippen LogP contribution in [0, 0.1) is 0 Å². The Balaban J connectivity index is 1.26. The average Bonchev–Trinajstić information content (AvgIpc) is 3.59. The maximum absolute atomic E-state index is 6.93. The van der Waals surface area contributed by atoms with Crippen molar-refractivity contribution < 1.29 is 4.42 Å². The highest BCUT2D eigenvalue weighted by atomic mass is 16.3. The van der Waals surface area contributed by atoms with Gasteiger partial charge in [-0.3, -0.25) is 0 Å². The molecule has 0 amide bonds. The molecule has 0 aliphatic heterocycles. The number of anilines is 3. The van der Waals surface area contributed by atoms with Crippen LogP contribution in [0.4, 0.5) is 17.1 Å². The van der Waals surface area contributed by atoms with E-state index in [1.165, 1.54) is 38.4 Å². The van der Waals surface area contributed by atoms with Gasteiger partial charge in [0.1, 0.15) is 11.2 Å².